The first kappa shape index (κ1) is 19.0. The fourth-order valence-corrected chi connectivity index (χ4v) is 3.48. The van der Waals surface area contributed by atoms with Crippen LogP contribution in [0.25, 0.3) is 0 Å². The van der Waals surface area contributed by atoms with Gasteiger partial charge in [-0.15, -0.1) is 11.8 Å². The molecule has 7 heteroatoms. The van der Waals surface area contributed by atoms with E-state index in [2.05, 4.69) is 16.0 Å². The minimum atomic E-state index is -0.257. The molecule has 2 aromatic rings. The molecule has 3 rings (SSSR count). The molecule has 140 valence electrons. The molecule has 0 saturated heterocycles. The predicted octanol–water partition coefficient (Wildman–Crippen LogP) is 3.05. The highest BCUT2D eigenvalue weighted by molar-refractivity contribution is 8.00. The van der Waals surface area contributed by atoms with Crippen molar-refractivity contribution < 1.29 is 14.4 Å². The van der Waals surface area contributed by atoms with E-state index in [1.165, 1.54) is 11.8 Å². The molecule has 2 aromatic carbocycles. The molecule has 0 saturated carbocycles. The highest BCUT2D eigenvalue weighted by atomic mass is 32.2. The Bertz CT molecular complexity index is 879. The van der Waals surface area contributed by atoms with Crippen LogP contribution in [0, 0.1) is 0 Å². The lowest BCUT2D eigenvalue weighted by atomic mass is 10.1. The number of nitrogens with one attached hydrogen (secondary N) is 3. The van der Waals surface area contributed by atoms with Crippen molar-refractivity contribution in [2.24, 2.45) is 0 Å². The van der Waals surface area contributed by atoms with Crippen LogP contribution in [0.15, 0.2) is 47.4 Å². The van der Waals surface area contributed by atoms with E-state index >= 15 is 0 Å². The lowest BCUT2D eigenvalue weighted by molar-refractivity contribution is -0.121. The average Bonchev–Trinajstić information content (AvgIpc) is 2.62. The third-order valence-electron chi connectivity index (χ3n) is 3.90. The summed E-state index contributed by atoms with van der Waals surface area (Å²) in [5, 5.41) is 8.46. The zero-order chi connectivity index (χ0) is 19.4. The normalized spacial score (nSPS) is 12.9. The van der Waals surface area contributed by atoms with E-state index < -0.39 is 0 Å². The summed E-state index contributed by atoms with van der Waals surface area (Å²) in [7, 11) is 0. The van der Waals surface area contributed by atoms with Crippen LogP contribution in [0.5, 0.6) is 0 Å². The third kappa shape index (κ3) is 5.10. The number of benzene rings is 2. The summed E-state index contributed by atoms with van der Waals surface area (Å²) in [6.45, 7) is 3.84. The average molecular weight is 383 g/mol. The Morgan fingerprint density at radius 3 is 2.59 bits per heavy atom. The molecule has 3 N–H and O–H groups in total. The summed E-state index contributed by atoms with van der Waals surface area (Å²) >= 11 is 1.45. The van der Waals surface area contributed by atoms with Crippen molar-refractivity contribution in [2.45, 2.75) is 31.2 Å². The lowest BCUT2D eigenvalue weighted by Gasteiger charge is -2.17. The zero-order valence-electron chi connectivity index (χ0n) is 15.2. The maximum Gasteiger partial charge on any atom is 0.255 e. The Kier molecular flexibility index (Phi) is 5.81. The van der Waals surface area contributed by atoms with Crippen LogP contribution < -0.4 is 16.0 Å². The van der Waals surface area contributed by atoms with E-state index in [1.54, 1.807) is 24.3 Å². The van der Waals surface area contributed by atoms with Gasteiger partial charge < -0.3 is 16.0 Å². The van der Waals surface area contributed by atoms with Gasteiger partial charge in [0.15, 0.2) is 0 Å². The Labute approximate surface area is 162 Å². The van der Waals surface area contributed by atoms with Gasteiger partial charge in [0, 0.05) is 22.2 Å². The Morgan fingerprint density at radius 2 is 1.89 bits per heavy atom. The largest absolute Gasteiger partial charge is 0.354 e. The number of thioether (sulfide) groups is 1. The summed E-state index contributed by atoms with van der Waals surface area (Å²) < 4.78 is 0. The molecule has 1 heterocycles. The standard InChI is InChI=1S/C20H21N3O3S/c1-12(2)21-18(24)9-13-3-6-15(7-4-13)22-20(26)14-5-8-17-16(10-14)23-19(25)11-27-17/h3-8,10,12H,9,11H2,1-2H3,(H,21,24)(H,22,26)(H,23,25). The molecule has 0 fully saturated rings. The van der Waals surface area contributed by atoms with E-state index in [0.29, 0.717) is 29.1 Å². The fourth-order valence-electron chi connectivity index (χ4n) is 2.69. The minimum Gasteiger partial charge on any atom is -0.354 e. The number of rotatable bonds is 5. The van der Waals surface area contributed by atoms with Crippen molar-refractivity contribution in [1.29, 1.82) is 0 Å². The van der Waals surface area contributed by atoms with E-state index in [1.807, 2.05) is 32.0 Å². The number of hydrogen-bond acceptors (Lipinski definition) is 4. The maximum absolute atomic E-state index is 12.5. The molecule has 6 nitrogen and oxygen atoms in total. The van der Waals surface area contributed by atoms with Crippen LogP contribution in [0.3, 0.4) is 0 Å². The van der Waals surface area contributed by atoms with Crippen LogP contribution >= 0.6 is 11.8 Å². The maximum atomic E-state index is 12.5. The number of fused-ring (bicyclic) bond motifs is 1. The molecule has 0 spiro atoms. The Morgan fingerprint density at radius 1 is 1.15 bits per heavy atom. The van der Waals surface area contributed by atoms with Gasteiger partial charge in [0.1, 0.15) is 0 Å². The molecule has 27 heavy (non-hydrogen) atoms. The molecule has 1 aliphatic rings. The van der Waals surface area contributed by atoms with Crippen LogP contribution in [0.2, 0.25) is 0 Å². The molecular formula is C20H21N3O3S. The molecule has 0 bridgehead atoms. The van der Waals surface area contributed by atoms with Crippen molar-refractivity contribution in [3.63, 3.8) is 0 Å². The summed E-state index contributed by atoms with van der Waals surface area (Å²) in [5.74, 6) is 0.0333. The smallest absolute Gasteiger partial charge is 0.255 e. The first-order valence-electron chi connectivity index (χ1n) is 8.67. The summed E-state index contributed by atoms with van der Waals surface area (Å²) in [6.07, 6.45) is 0.300. The first-order chi connectivity index (χ1) is 12.9. The molecule has 0 aliphatic carbocycles. The van der Waals surface area contributed by atoms with Gasteiger partial charge in [0.2, 0.25) is 11.8 Å². The Hall–Kier alpha value is -2.80. The second kappa shape index (κ2) is 8.26. The van der Waals surface area contributed by atoms with Crippen molar-refractivity contribution >= 4 is 40.9 Å². The molecule has 0 radical (unpaired) electrons. The lowest BCUT2D eigenvalue weighted by Crippen LogP contribution is -2.31. The topological polar surface area (TPSA) is 87.3 Å². The number of carbonyl (C=O) groups excluding carboxylic acids is 3. The van der Waals surface area contributed by atoms with Crippen LogP contribution in [-0.2, 0) is 16.0 Å². The van der Waals surface area contributed by atoms with Crippen LogP contribution in [0.4, 0.5) is 11.4 Å². The van der Waals surface area contributed by atoms with Crippen molar-refractivity contribution in [3.05, 3.63) is 53.6 Å². The van der Waals surface area contributed by atoms with E-state index in [9.17, 15) is 14.4 Å². The fraction of sp³-hybridized carbons (Fsp3) is 0.250. The minimum absolute atomic E-state index is 0.0317. The van der Waals surface area contributed by atoms with Gasteiger partial charge in [0.25, 0.3) is 5.91 Å². The van der Waals surface area contributed by atoms with Crippen LogP contribution in [-0.4, -0.2) is 29.5 Å². The van der Waals surface area contributed by atoms with Gasteiger partial charge in [-0.05, 0) is 49.7 Å². The van der Waals surface area contributed by atoms with Crippen molar-refractivity contribution in [1.82, 2.24) is 5.32 Å². The molecule has 0 aromatic heterocycles. The van der Waals surface area contributed by atoms with E-state index in [0.717, 1.165) is 10.5 Å². The quantitative estimate of drug-likeness (QED) is 0.741. The van der Waals surface area contributed by atoms with Gasteiger partial charge in [0.05, 0.1) is 17.9 Å². The number of amides is 3. The van der Waals surface area contributed by atoms with Crippen LogP contribution in [0.1, 0.15) is 29.8 Å². The van der Waals surface area contributed by atoms with E-state index in [-0.39, 0.29) is 23.8 Å². The predicted molar refractivity (Wildman–Crippen MR) is 107 cm³/mol. The van der Waals surface area contributed by atoms with Gasteiger partial charge in [-0.3, -0.25) is 14.4 Å². The summed E-state index contributed by atoms with van der Waals surface area (Å²) in [6, 6.07) is 12.5. The summed E-state index contributed by atoms with van der Waals surface area (Å²) in [5.41, 5.74) is 2.65. The molecule has 0 unspecified atom stereocenters. The highest BCUT2D eigenvalue weighted by Crippen LogP contribution is 2.32. The third-order valence-corrected chi connectivity index (χ3v) is 4.97. The van der Waals surface area contributed by atoms with Gasteiger partial charge >= 0.3 is 0 Å². The van der Waals surface area contributed by atoms with Crippen molar-refractivity contribution in [3.8, 4) is 0 Å². The second-order valence-electron chi connectivity index (χ2n) is 6.60. The molecule has 0 atom stereocenters. The number of carbonyl (C=O) groups is 3. The summed E-state index contributed by atoms with van der Waals surface area (Å²) in [4.78, 5) is 36.7. The second-order valence-corrected chi connectivity index (χ2v) is 7.62. The number of anilines is 2. The van der Waals surface area contributed by atoms with Crippen molar-refractivity contribution in [2.75, 3.05) is 16.4 Å². The zero-order valence-corrected chi connectivity index (χ0v) is 16.0. The first-order valence-corrected chi connectivity index (χ1v) is 9.65. The monoisotopic (exact) mass is 383 g/mol. The van der Waals surface area contributed by atoms with Gasteiger partial charge in [-0.25, -0.2) is 0 Å². The SMILES string of the molecule is CC(C)NC(=O)Cc1ccc(NC(=O)c2ccc3c(c2)NC(=O)CS3)cc1. The molecule has 1 aliphatic heterocycles. The van der Waals surface area contributed by atoms with Gasteiger partial charge in [-0.2, -0.15) is 0 Å². The Balaban J connectivity index is 1.63. The molecular weight excluding hydrogens is 362 g/mol. The van der Waals surface area contributed by atoms with E-state index in [4.69, 9.17) is 0 Å². The number of hydrogen-bond donors (Lipinski definition) is 3. The highest BCUT2D eigenvalue weighted by Gasteiger charge is 2.17. The molecule has 3 amide bonds. The van der Waals surface area contributed by atoms with Gasteiger partial charge in [-0.1, -0.05) is 12.1 Å².